The fourth-order valence-electron chi connectivity index (χ4n) is 4.86. The molecule has 0 radical (unpaired) electrons. The third kappa shape index (κ3) is 3.98. The van der Waals surface area contributed by atoms with Gasteiger partial charge in [-0.2, -0.15) is 4.31 Å². The third-order valence-electron chi connectivity index (χ3n) is 6.76. The van der Waals surface area contributed by atoms with Crippen molar-refractivity contribution in [3.05, 3.63) is 29.3 Å². The highest BCUT2D eigenvalue weighted by atomic mass is 32.2. The molecule has 1 N–H and O–H groups in total. The number of nitrogens with zero attached hydrogens (tertiary/aromatic N) is 2. The molecule has 2 heterocycles. The van der Waals surface area contributed by atoms with Gasteiger partial charge in [0.25, 0.3) is 5.91 Å². The van der Waals surface area contributed by atoms with Gasteiger partial charge >= 0.3 is 0 Å². The summed E-state index contributed by atoms with van der Waals surface area (Å²) >= 11 is 0. The topological polar surface area (TPSA) is 62.1 Å². The van der Waals surface area contributed by atoms with E-state index in [1.807, 2.05) is 17.0 Å². The van der Waals surface area contributed by atoms with E-state index in [-0.39, 0.29) is 5.91 Å². The average Bonchev–Trinajstić information content (AvgIpc) is 3.17. The molecule has 2 saturated heterocycles. The van der Waals surface area contributed by atoms with Crippen molar-refractivity contribution in [2.75, 3.05) is 39.3 Å². The Morgan fingerprint density at radius 1 is 1.07 bits per heavy atom. The predicted molar refractivity (Wildman–Crippen MR) is 108 cm³/mol. The van der Waals surface area contributed by atoms with E-state index in [0.717, 1.165) is 25.8 Å². The monoisotopic (exact) mass is 406 g/mol. The Labute approximate surface area is 168 Å². The normalized spacial score (nSPS) is 26.2. The number of amides is 1. The first-order chi connectivity index (χ1) is 13.4. The zero-order valence-electron chi connectivity index (χ0n) is 16.8. The molecule has 154 valence electrons. The highest BCUT2D eigenvalue weighted by Gasteiger charge is 2.33. The molecule has 28 heavy (non-hydrogen) atoms. The van der Waals surface area contributed by atoms with Crippen LogP contribution in [0.15, 0.2) is 23.1 Å². The van der Waals surface area contributed by atoms with Crippen LogP contribution < -0.4 is 4.90 Å². The lowest BCUT2D eigenvalue weighted by atomic mass is 10.0. The van der Waals surface area contributed by atoms with Gasteiger partial charge in [-0.25, -0.2) is 8.42 Å². The molecule has 4 rings (SSSR count). The van der Waals surface area contributed by atoms with Crippen LogP contribution in [0.2, 0.25) is 0 Å². The highest BCUT2D eigenvalue weighted by molar-refractivity contribution is 7.89. The summed E-state index contributed by atoms with van der Waals surface area (Å²) in [5.74, 6) is 0.165. The molecule has 0 spiro atoms. The summed E-state index contributed by atoms with van der Waals surface area (Å²) in [4.78, 5) is 16.3. The van der Waals surface area contributed by atoms with Gasteiger partial charge in [0.1, 0.15) is 0 Å². The molecule has 2 fully saturated rings. The number of aryl methyl sites for hydroxylation is 2. The predicted octanol–water partition coefficient (Wildman–Crippen LogP) is 0.466. The van der Waals surface area contributed by atoms with Gasteiger partial charge in [-0.15, -0.1) is 0 Å². The molecule has 1 amide bonds. The average molecular weight is 407 g/mol. The Hall–Kier alpha value is -1.44. The van der Waals surface area contributed by atoms with Crippen LogP contribution >= 0.6 is 0 Å². The minimum atomic E-state index is -3.48. The molecule has 1 aliphatic carbocycles. The Kier molecular flexibility index (Phi) is 5.76. The standard InChI is InChI=1S/C21H31N3O3S/c1-17-5-2-3-10-23(17)16-21(25)22-11-13-24(14-12-22)28(26,27)20-9-8-18-6-4-7-19(18)15-20/h8-9,15,17H,2-7,10-14,16H2,1H3/p+1/t17-/m0/s1. The van der Waals surface area contributed by atoms with Crippen LogP contribution in [0, 0.1) is 0 Å². The van der Waals surface area contributed by atoms with E-state index in [2.05, 4.69) is 6.92 Å². The fourth-order valence-corrected chi connectivity index (χ4v) is 6.33. The molecule has 0 saturated carbocycles. The van der Waals surface area contributed by atoms with Crippen LogP contribution in [0.3, 0.4) is 0 Å². The van der Waals surface area contributed by atoms with Crippen LogP contribution in [0.4, 0.5) is 0 Å². The number of piperidine rings is 1. The van der Waals surface area contributed by atoms with Crippen LogP contribution in [-0.4, -0.2) is 68.8 Å². The van der Waals surface area contributed by atoms with E-state index in [4.69, 9.17) is 0 Å². The van der Waals surface area contributed by atoms with Gasteiger partial charge in [-0.1, -0.05) is 6.07 Å². The van der Waals surface area contributed by atoms with Gasteiger partial charge in [0.05, 0.1) is 17.5 Å². The first kappa shape index (κ1) is 19.9. The van der Waals surface area contributed by atoms with Gasteiger partial charge in [0.15, 0.2) is 6.54 Å². The van der Waals surface area contributed by atoms with E-state index in [1.165, 1.54) is 35.3 Å². The van der Waals surface area contributed by atoms with Crippen molar-refractivity contribution in [2.45, 2.75) is 56.4 Å². The summed E-state index contributed by atoms with van der Waals surface area (Å²) in [6, 6.07) is 6.12. The first-order valence-electron chi connectivity index (χ1n) is 10.7. The number of rotatable bonds is 4. The number of likely N-dealkylation sites (tertiary alicyclic amines) is 1. The molecule has 2 aliphatic heterocycles. The summed E-state index contributed by atoms with van der Waals surface area (Å²) in [6.07, 6.45) is 6.77. The third-order valence-corrected chi connectivity index (χ3v) is 8.65. The molecule has 1 aromatic rings. The number of hydrogen-bond donors (Lipinski definition) is 1. The van der Waals surface area contributed by atoms with Crippen molar-refractivity contribution >= 4 is 15.9 Å². The fraction of sp³-hybridized carbons (Fsp3) is 0.667. The lowest BCUT2D eigenvalue weighted by molar-refractivity contribution is -0.921. The van der Waals surface area contributed by atoms with Crippen LogP contribution in [0.5, 0.6) is 0 Å². The molecule has 6 nitrogen and oxygen atoms in total. The largest absolute Gasteiger partial charge is 0.335 e. The highest BCUT2D eigenvalue weighted by Crippen LogP contribution is 2.26. The SMILES string of the molecule is C[C@H]1CCCC[NH+]1CC(=O)N1CCN(S(=O)(=O)c2ccc3c(c2)CCC3)CC1. The summed E-state index contributed by atoms with van der Waals surface area (Å²) in [7, 11) is -3.48. The van der Waals surface area contributed by atoms with Crippen LogP contribution in [0.1, 0.15) is 43.7 Å². The number of sulfonamides is 1. The van der Waals surface area contributed by atoms with Crippen molar-refractivity contribution < 1.29 is 18.1 Å². The molecule has 1 unspecified atom stereocenters. The lowest BCUT2D eigenvalue weighted by Gasteiger charge is -2.36. The second kappa shape index (κ2) is 8.13. The van der Waals surface area contributed by atoms with Gasteiger partial charge in [-0.05, 0) is 68.7 Å². The molecule has 0 bridgehead atoms. The summed E-state index contributed by atoms with van der Waals surface area (Å²) in [5, 5.41) is 0. The lowest BCUT2D eigenvalue weighted by Crippen LogP contribution is -3.17. The molecular weight excluding hydrogens is 374 g/mol. The maximum absolute atomic E-state index is 13.0. The summed E-state index contributed by atoms with van der Waals surface area (Å²) < 4.78 is 27.6. The number of hydrogen-bond acceptors (Lipinski definition) is 3. The molecule has 0 aromatic heterocycles. The van der Waals surface area contributed by atoms with Gasteiger partial charge in [0, 0.05) is 26.2 Å². The Bertz CT molecular complexity index is 831. The van der Waals surface area contributed by atoms with Crippen molar-refractivity contribution in [3.8, 4) is 0 Å². The second-order valence-electron chi connectivity index (χ2n) is 8.55. The second-order valence-corrected chi connectivity index (χ2v) is 10.5. The van der Waals surface area contributed by atoms with Crippen LogP contribution in [0.25, 0.3) is 0 Å². The minimum absolute atomic E-state index is 0.165. The van der Waals surface area contributed by atoms with E-state index in [9.17, 15) is 13.2 Å². The summed E-state index contributed by atoms with van der Waals surface area (Å²) in [5.41, 5.74) is 2.46. The van der Waals surface area contributed by atoms with E-state index < -0.39 is 10.0 Å². The van der Waals surface area contributed by atoms with Crippen molar-refractivity contribution in [1.82, 2.24) is 9.21 Å². The van der Waals surface area contributed by atoms with Crippen molar-refractivity contribution in [3.63, 3.8) is 0 Å². The minimum Gasteiger partial charge on any atom is -0.335 e. The molecule has 2 atom stereocenters. The Morgan fingerprint density at radius 3 is 2.57 bits per heavy atom. The van der Waals surface area contributed by atoms with E-state index >= 15 is 0 Å². The number of nitrogens with one attached hydrogen (secondary N) is 1. The zero-order chi connectivity index (χ0) is 19.7. The number of carbonyl (C=O) groups excluding carboxylic acids is 1. The van der Waals surface area contributed by atoms with Crippen molar-refractivity contribution in [1.29, 1.82) is 0 Å². The van der Waals surface area contributed by atoms with E-state index in [1.54, 1.807) is 10.4 Å². The molecular formula is C21H32N3O3S+. The smallest absolute Gasteiger partial charge is 0.277 e. The quantitative estimate of drug-likeness (QED) is 0.791. The number of quaternary nitrogens is 1. The van der Waals surface area contributed by atoms with Crippen molar-refractivity contribution in [2.24, 2.45) is 0 Å². The Balaban J connectivity index is 1.36. The maximum atomic E-state index is 13.0. The van der Waals surface area contributed by atoms with Gasteiger partial charge in [-0.3, -0.25) is 4.79 Å². The van der Waals surface area contributed by atoms with Gasteiger partial charge in [0.2, 0.25) is 10.0 Å². The maximum Gasteiger partial charge on any atom is 0.277 e. The number of benzene rings is 1. The first-order valence-corrected chi connectivity index (χ1v) is 12.1. The zero-order valence-corrected chi connectivity index (χ0v) is 17.6. The molecule has 1 aromatic carbocycles. The van der Waals surface area contributed by atoms with E-state index in [0.29, 0.717) is 43.7 Å². The molecule has 3 aliphatic rings. The van der Waals surface area contributed by atoms with Gasteiger partial charge < -0.3 is 9.80 Å². The number of carbonyl (C=O) groups is 1. The molecule has 7 heteroatoms. The summed E-state index contributed by atoms with van der Waals surface area (Å²) in [6.45, 7) is 5.59. The Morgan fingerprint density at radius 2 is 1.82 bits per heavy atom. The number of fused-ring (bicyclic) bond motifs is 1. The van der Waals surface area contributed by atoms with Crippen LogP contribution in [-0.2, 0) is 27.7 Å². The number of piperazine rings is 1.